The molecule has 0 aliphatic carbocycles. The smallest absolute Gasteiger partial charge is 0.253 e. The van der Waals surface area contributed by atoms with Gasteiger partial charge in [-0.2, -0.15) is 5.26 Å². The van der Waals surface area contributed by atoms with E-state index < -0.39 is 30.2 Å². The van der Waals surface area contributed by atoms with E-state index in [1.54, 1.807) is 12.1 Å². The molecule has 0 saturated carbocycles. The maximum absolute atomic E-state index is 13.7. The fourth-order valence-corrected chi connectivity index (χ4v) is 3.14. The normalized spacial score (nSPS) is 11.4. The highest BCUT2D eigenvalue weighted by Crippen LogP contribution is 2.35. The van der Waals surface area contributed by atoms with Gasteiger partial charge in [-0.1, -0.05) is 12.1 Å². The number of nitrogens with one attached hydrogen (secondary N) is 1. The summed E-state index contributed by atoms with van der Waals surface area (Å²) in [6.07, 6.45) is -2.35. The number of carbonyl (C=O) groups excluding carboxylic acids is 2. The average molecular weight is 449 g/mol. The molecule has 0 aliphatic heterocycles. The van der Waals surface area contributed by atoms with Gasteiger partial charge in [-0.25, -0.2) is 9.37 Å². The molecule has 0 bridgehead atoms. The van der Waals surface area contributed by atoms with Crippen molar-refractivity contribution in [3.63, 3.8) is 0 Å². The van der Waals surface area contributed by atoms with Crippen LogP contribution in [0.1, 0.15) is 18.4 Å². The van der Waals surface area contributed by atoms with Crippen LogP contribution in [0.2, 0.25) is 0 Å². The van der Waals surface area contributed by atoms with E-state index in [-0.39, 0.29) is 40.5 Å². The Balaban J connectivity index is 1.98. The second-order valence-corrected chi connectivity index (χ2v) is 7.09. The maximum atomic E-state index is 13.7. The molecular weight excluding hydrogens is 431 g/mol. The predicted octanol–water partition coefficient (Wildman–Crippen LogP) is 1.54. The molecule has 3 aromatic rings. The number of benzene rings is 2. The standard InChI is InChI=1S/C23H19FN4O5/c24-13-4-5-19(29)16(9-13)18-10-15(17(11-25)22(26)28-18)12-2-1-3-14(8-12)27-23(33)20(30)6-7-21(31)32/h1-5,8-10,20,29-30H,6-7H2,(H2,26,28)(H,27,33)(H,31,32)/p-1. The van der Waals surface area contributed by atoms with Crippen molar-refractivity contribution in [3.05, 3.63) is 59.9 Å². The summed E-state index contributed by atoms with van der Waals surface area (Å²) < 4.78 is 13.7. The molecule has 0 spiro atoms. The Hall–Kier alpha value is -4.49. The first-order chi connectivity index (χ1) is 15.7. The first-order valence-electron chi connectivity index (χ1n) is 9.68. The zero-order valence-electron chi connectivity index (χ0n) is 17.1. The molecule has 168 valence electrons. The van der Waals surface area contributed by atoms with Crippen LogP contribution in [0, 0.1) is 17.1 Å². The highest BCUT2D eigenvalue weighted by molar-refractivity contribution is 5.95. The van der Waals surface area contributed by atoms with Crippen LogP contribution in [0.25, 0.3) is 22.4 Å². The summed E-state index contributed by atoms with van der Waals surface area (Å²) in [5.74, 6) is -3.17. The van der Waals surface area contributed by atoms with Crippen molar-refractivity contribution in [1.29, 1.82) is 5.26 Å². The number of aliphatic hydroxyl groups excluding tert-OH is 1. The highest BCUT2D eigenvalue weighted by atomic mass is 19.1. The number of rotatable bonds is 7. The van der Waals surface area contributed by atoms with Gasteiger partial charge in [0.05, 0.1) is 5.69 Å². The number of carboxylic acids is 1. The van der Waals surface area contributed by atoms with Crippen LogP contribution in [-0.2, 0) is 9.59 Å². The zero-order valence-corrected chi connectivity index (χ0v) is 17.1. The molecule has 2 aromatic carbocycles. The number of hydrogen-bond acceptors (Lipinski definition) is 8. The number of nitrogen functional groups attached to an aromatic ring is 1. The topological polar surface area (TPSA) is 172 Å². The number of phenols is 1. The van der Waals surface area contributed by atoms with E-state index in [0.717, 1.165) is 12.1 Å². The lowest BCUT2D eigenvalue weighted by atomic mass is 9.97. The Labute approximate surface area is 187 Å². The van der Waals surface area contributed by atoms with Crippen LogP contribution in [-0.4, -0.2) is 33.2 Å². The van der Waals surface area contributed by atoms with Gasteiger partial charge >= 0.3 is 0 Å². The second-order valence-electron chi connectivity index (χ2n) is 7.09. The number of aliphatic carboxylic acids is 1. The summed E-state index contributed by atoms with van der Waals surface area (Å²) in [7, 11) is 0. The lowest BCUT2D eigenvalue weighted by molar-refractivity contribution is -0.306. The minimum atomic E-state index is -1.56. The molecule has 0 saturated heterocycles. The third kappa shape index (κ3) is 5.41. The third-order valence-electron chi connectivity index (χ3n) is 4.76. The Bertz CT molecular complexity index is 1270. The molecule has 10 heteroatoms. The van der Waals surface area contributed by atoms with Crippen molar-refractivity contribution in [2.45, 2.75) is 18.9 Å². The minimum Gasteiger partial charge on any atom is -0.550 e. The number of nitrogens with zero attached hydrogens (tertiary/aromatic N) is 2. The molecule has 1 aromatic heterocycles. The lowest BCUT2D eigenvalue weighted by Crippen LogP contribution is -2.30. The summed E-state index contributed by atoms with van der Waals surface area (Å²) in [5, 5.41) is 42.5. The summed E-state index contributed by atoms with van der Waals surface area (Å²) >= 11 is 0. The van der Waals surface area contributed by atoms with Crippen LogP contribution < -0.4 is 16.2 Å². The zero-order chi connectivity index (χ0) is 24.1. The van der Waals surface area contributed by atoms with Gasteiger partial charge in [0, 0.05) is 22.8 Å². The van der Waals surface area contributed by atoms with Gasteiger partial charge < -0.3 is 31.2 Å². The van der Waals surface area contributed by atoms with Crippen molar-refractivity contribution in [3.8, 4) is 34.2 Å². The van der Waals surface area contributed by atoms with Crippen LogP contribution >= 0.6 is 0 Å². The van der Waals surface area contributed by atoms with Gasteiger partial charge in [0.2, 0.25) is 0 Å². The highest BCUT2D eigenvalue weighted by Gasteiger charge is 2.18. The lowest BCUT2D eigenvalue weighted by Gasteiger charge is -2.14. The van der Waals surface area contributed by atoms with Crippen LogP contribution in [0.15, 0.2) is 48.5 Å². The van der Waals surface area contributed by atoms with Gasteiger partial charge in [-0.05, 0) is 54.8 Å². The Morgan fingerprint density at radius 2 is 1.97 bits per heavy atom. The van der Waals surface area contributed by atoms with Gasteiger partial charge in [0.15, 0.2) is 0 Å². The van der Waals surface area contributed by atoms with E-state index in [1.807, 2.05) is 6.07 Å². The van der Waals surface area contributed by atoms with Crippen LogP contribution in [0.5, 0.6) is 5.75 Å². The van der Waals surface area contributed by atoms with E-state index in [0.29, 0.717) is 11.1 Å². The SMILES string of the molecule is N#Cc1c(-c2cccc(NC(=O)C(O)CCC(=O)[O-])c2)cc(-c2cc(F)ccc2O)nc1N. The van der Waals surface area contributed by atoms with E-state index in [9.17, 15) is 34.6 Å². The first kappa shape index (κ1) is 23.2. The molecule has 1 amide bonds. The Morgan fingerprint density at radius 1 is 1.21 bits per heavy atom. The number of hydrogen-bond donors (Lipinski definition) is 4. The van der Waals surface area contributed by atoms with E-state index in [1.165, 1.54) is 24.3 Å². The quantitative estimate of drug-likeness (QED) is 0.420. The molecule has 3 rings (SSSR count). The average Bonchev–Trinajstić information content (AvgIpc) is 2.78. The molecule has 0 fully saturated rings. The number of phenolic OH excluding ortho intramolecular Hbond substituents is 1. The number of amides is 1. The third-order valence-corrected chi connectivity index (χ3v) is 4.76. The van der Waals surface area contributed by atoms with Gasteiger partial charge in [-0.15, -0.1) is 0 Å². The number of anilines is 2. The fourth-order valence-electron chi connectivity index (χ4n) is 3.14. The van der Waals surface area contributed by atoms with Crippen molar-refractivity contribution in [2.24, 2.45) is 0 Å². The number of aromatic hydroxyl groups is 1. The van der Waals surface area contributed by atoms with Crippen molar-refractivity contribution in [2.75, 3.05) is 11.1 Å². The molecule has 33 heavy (non-hydrogen) atoms. The number of nitrogens with two attached hydrogens (primary N) is 1. The molecule has 0 radical (unpaired) electrons. The van der Waals surface area contributed by atoms with Gasteiger partial charge in [0.1, 0.15) is 35.1 Å². The van der Waals surface area contributed by atoms with Gasteiger partial charge in [-0.3, -0.25) is 4.79 Å². The number of nitriles is 1. The van der Waals surface area contributed by atoms with Crippen LogP contribution in [0.3, 0.4) is 0 Å². The molecular formula is C23H18FN4O5-. The molecule has 9 nitrogen and oxygen atoms in total. The number of carbonyl (C=O) groups is 2. The minimum absolute atomic E-state index is 0.0344. The van der Waals surface area contributed by atoms with E-state index in [2.05, 4.69) is 10.3 Å². The molecule has 1 unspecified atom stereocenters. The molecule has 0 aliphatic rings. The summed E-state index contributed by atoms with van der Waals surface area (Å²) in [6.45, 7) is 0. The summed E-state index contributed by atoms with van der Waals surface area (Å²) in [6, 6.07) is 13.0. The Morgan fingerprint density at radius 3 is 2.67 bits per heavy atom. The monoisotopic (exact) mass is 449 g/mol. The maximum Gasteiger partial charge on any atom is 0.253 e. The molecule has 1 atom stereocenters. The largest absolute Gasteiger partial charge is 0.550 e. The first-order valence-corrected chi connectivity index (χ1v) is 9.68. The van der Waals surface area contributed by atoms with Crippen molar-refractivity contribution >= 4 is 23.4 Å². The fraction of sp³-hybridized carbons (Fsp3) is 0.130. The number of pyridine rings is 1. The number of halogens is 1. The second kappa shape index (κ2) is 9.76. The van der Waals surface area contributed by atoms with Gasteiger partial charge in [0.25, 0.3) is 5.91 Å². The summed E-state index contributed by atoms with van der Waals surface area (Å²) in [5.41, 5.74) is 7.21. The summed E-state index contributed by atoms with van der Waals surface area (Å²) in [4.78, 5) is 26.8. The van der Waals surface area contributed by atoms with Crippen molar-refractivity contribution < 1.29 is 29.3 Å². The molecule has 5 N–H and O–H groups in total. The predicted molar refractivity (Wildman–Crippen MR) is 115 cm³/mol. The van der Waals surface area contributed by atoms with Crippen molar-refractivity contribution in [1.82, 2.24) is 4.98 Å². The molecule has 1 heterocycles. The van der Waals surface area contributed by atoms with E-state index >= 15 is 0 Å². The number of aliphatic hydroxyl groups is 1. The Kier molecular flexibility index (Phi) is 6.85. The number of carboxylic acid groups (broad SMARTS) is 1. The number of aromatic nitrogens is 1. The van der Waals surface area contributed by atoms with E-state index in [4.69, 9.17) is 5.73 Å². The van der Waals surface area contributed by atoms with Crippen LogP contribution in [0.4, 0.5) is 15.9 Å².